The highest BCUT2D eigenvalue weighted by atomic mass is 79.9. The van der Waals surface area contributed by atoms with E-state index in [9.17, 15) is 8.42 Å². The Morgan fingerprint density at radius 2 is 1.90 bits per heavy atom. The van der Waals surface area contributed by atoms with Crippen molar-refractivity contribution in [1.82, 2.24) is 0 Å². The highest BCUT2D eigenvalue weighted by Crippen LogP contribution is 2.27. The predicted molar refractivity (Wildman–Crippen MR) is 92.3 cm³/mol. The molecule has 0 fully saturated rings. The van der Waals surface area contributed by atoms with E-state index in [-0.39, 0.29) is 9.88 Å². The number of hydrogen-bond acceptors (Lipinski definition) is 3. The molecule has 0 aromatic heterocycles. The van der Waals surface area contributed by atoms with Gasteiger partial charge in [0.25, 0.3) is 10.0 Å². The van der Waals surface area contributed by atoms with E-state index >= 15 is 0 Å². The van der Waals surface area contributed by atoms with Crippen molar-refractivity contribution in [3.63, 3.8) is 0 Å². The topological polar surface area (TPSA) is 72.2 Å². The third-order valence-electron chi connectivity index (χ3n) is 2.64. The smallest absolute Gasteiger partial charge is 0.261 e. The second-order valence-electron chi connectivity index (χ2n) is 4.09. The van der Waals surface area contributed by atoms with Gasteiger partial charge in [0, 0.05) is 10.0 Å². The molecular weight excluding hydrogens is 396 g/mol. The number of sulfonamides is 1. The average Bonchev–Trinajstić information content (AvgIpc) is 2.41. The number of thiocarbonyl (C=S) groups is 1. The third-order valence-corrected chi connectivity index (χ3v) is 5.44. The van der Waals surface area contributed by atoms with Crippen LogP contribution in [-0.2, 0) is 10.0 Å². The monoisotopic (exact) mass is 404 g/mol. The molecule has 0 radical (unpaired) electrons. The zero-order chi connectivity index (χ0) is 15.6. The molecule has 0 saturated heterocycles. The molecule has 8 heteroatoms. The number of benzene rings is 2. The second kappa shape index (κ2) is 6.31. The minimum atomic E-state index is -3.76. The van der Waals surface area contributed by atoms with Gasteiger partial charge in [0.2, 0.25) is 0 Å². The Morgan fingerprint density at radius 3 is 2.52 bits per heavy atom. The van der Waals surface area contributed by atoms with Crippen LogP contribution in [0.3, 0.4) is 0 Å². The van der Waals surface area contributed by atoms with Crippen molar-refractivity contribution >= 4 is 60.4 Å². The summed E-state index contributed by atoms with van der Waals surface area (Å²) in [5.74, 6) is 0. The van der Waals surface area contributed by atoms with Gasteiger partial charge in [0.05, 0.1) is 15.6 Å². The number of anilines is 1. The van der Waals surface area contributed by atoms with E-state index in [2.05, 4.69) is 20.7 Å². The fourth-order valence-electron chi connectivity index (χ4n) is 1.63. The summed E-state index contributed by atoms with van der Waals surface area (Å²) < 4.78 is 27.7. The van der Waals surface area contributed by atoms with Crippen molar-refractivity contribution < 1.29 is 8.42 Å². The summed E-state index contributed by atoms with van der Waals surface area (Å²) >= 11 is 14.0. The second-order valence-corrected chi connectivity index (χ2v) is 7.48. The maximum atomic E-state index is 12.4. The summed E-state index contributed by atoms with van der Waals surface area (Å²) in [6, 6.07) is 11.0. The Bertz CT molecular complexity index is 810. The van der Waals surface area contributed by atoms with Crippen LogP contribution in [0, 0.1) is 0 Å². The van der Waals surface area contributed by atoms with Crippen LogP contribution in [0.1, 0.15) is 5.56 Å². The summed E-state index contributed by atoms with van der Waals surface area (Å²) in [6.45, 7) is 0. The van der Waals surface area contributed by atoms with Crippen LogP contribution < -0.4 is 10.5 Å². The van der Waals surface area contributed by atoms with Crippen molar-refractivity contribution in [2.24, 2.45) is 5.73 Å². The molecule has 110 valence electrons. The van der Waals surface area contributed by atoms with E-state index in [1.807, 2.05) is 0 Å². The fourth-order valence-corrected chi connectivity index (χ4v) is 3.57. The van der Waals surface area contributed by atoms with Crippen molar-refractivity contribution in [2.75, 3.05) is 4.72 Å². The molecule has 0 bridgehead atoms. The van der Waals surface area contributed by atoms with Gasteiger partial charge in [-0.15, -0.1) is 0 Å². The van der Waals surface area contributed by atoms with Crippen LogP contribution in [0.25, 0.3) is 0 Å². The molecule has 0 amide bonds. The van der Waals surface area contributed by atoms with E-state index in [4.69, 9.17) is 29.6 Å². The van der Waals surface area contributed by atoms with Gasteiger partial charge in [0.1, 0.15) is 4.99 Å². The summed E-state index contributed by atoms with van der Waals surface area (Å²) in [7, 11) is -3.76. The molecule has 21 heavy (non-hydrogen) atoms. The number of hydrogen-bond donors (Lipinski definition) is 2. The maximum Gasteiger partial charge on any atom is 0.261 e. The fraction of sp³-hybridized carbons (Fsp3) is 0. The van der Waals surface area contributed by atoms with Crippen molar-refractivity contribution in [2.45, 2.75) is 4.90 Å². The number of nitrogens with two attached hydrogens (primary N) is 1. The highest BCUT2D eigenvalue weighted by Gasteiger charge is 2.17. The maximum absolute atomic E-state index is 12.4. The summed E-state index contributed by atoms with van der Waals surface area (Å²) in [4.78, 5) is 0.196. The van der Waals surface area contributed by atoms with E-state index in [0.29, 0.717) is 20.7 Å². The highest BCUT2D eigenvalue weighted by molar-refractivity contribution is 9.10. The minimum absolute atomic E-state index is 0.0801. The molecule has 0 spiro atoms. The molecule has 0 saturated carbocycles. The first-order valence-electron chi connectivity index (χ1n) is 5.68. The van der Waals surface area contributed by atoms with E-state index in [0.717, 1.165) is 0 Å². The SMILES string of the molecule is NC(=S)c1ccccc1NS(=O)(=O)c1ccc(Cl)c(Br)c1. The summed E-state index contributed by atoms with van der Waals surface area (Å²) in [6.07, 6.45) is 0. The molecule has 2 aromatic rings. The number of halogens is 2. The third kappa shape index (κ3) is 3.74. The lowest BCUT2D eigenvalue weighted by Gasteiger charge is -2.12. The lowest BCUT2D eigenvalue weighted by Crippen LogP contribution is -2.18. The van der Waals surface area contributed by atoms with Gasteiger partial charge in [-0.3, -0.25) is 4.72 Å². The molecule has 0 aliphatic heterocycles. The number of para-hydroxylation sites is 1. The lowest BCUT2D eigenvalue weighted by molar-refractivity contribution is 0.601. The van der Waals surface area contributed by atoms with Crippen molar-refractivity contribution in [3.8, 4) is 0 Å². The predicted octanol–water partition coefficient (Wildman–Crippen LogP) is 3.54. The summed E-state index contributed by atoms with van der Waals surface area (Å²) in [5.41, 5.74) is 6.38. The zero-order valence-electron chi connectivity index (χ0n) is 10.5. The van der Waals surface area contributed by atoms with Crippen LogP contribution in [-0.4, -0.2) is 13.4 Å². The Morgan fingerprint density at radius 1 is 1.24 bits per heavy atom. The van der Waals surface area contributed by atoms with Gasteiger partial charge >= 0.3 is 0 Å². The largest absolute Gasteiger partial charge is 0.389 e. The van der Waals surface area contributed by atoms with Gasteiger partial charge in [-0.2, -0.15) is 0 Å². The zero-order valence-corrected chi connectivity index (χ0v) is 14.5. The molecule has 0 aliphatic rings. The number of nitrogens with one attached hydrogen (secondary N) is 1. The normalized spacial score (nSPS) is 11.1. The van der Waals surface area contributed by atoms with Crippen molar-refractivity contribution in [3.05, 3.63) is 57.5 Å². The van der Waals surface area contributed by atoms with Gasteiger partial charge in [-0.05, 0) is 46.3 Å². The van der Waals surface area contributed by atoms with Crippen LogP contribution in [0.4, 0.5) is 5.69 Å². The molecule has 0 heterocycles. The van der Waals surface area contributed by atoms with Crippen LogP contribution in [0.5, 0.6) is 0 Å². The first kappa shape index (κ1) is 16.2. The Labute approximate surface area is 141 Å². The quantitative estimate of drug-likeness (QED) is 0.763. The molecule has 0 unspecified atom stereocenters. The number of rotatable bonds is 4. The van der Waals surface area contributed by atoms with E-state index in [1.165, 1.54) is 18.2 Å². The van der Waals surface area contributed by atoms with Crippen LogP contribution >= 0.6 is 39.7 Å². The Kier molecular flexibility index (Phi) is 4.88. The Balaban J connectivity index is 2.42. The van der Waals surface area contributed by atoms with E-state index < -0.39 is 10.0 Å². The van der Waals surface area contributed by atoms with Crippen LogP contribution in [0.2, 0.25) is 5.02 Å². The van der Waals surface area contributed by atoms with Gasteiger partial charge < -0.3 is 5.73 Å². The lowest BCUT2D eigenvalue weighted by atomic mass is 10.2. The first-order valence-corrected chi connectivity index (χ1v) is 8.74. The molecular formula is C13H10BrClN2O2S2. The first-order chi connectivity index (χ1) is 9.81. The van der Waals surface area contributed by atoms with Crippen molar-refractivity contribution in [1.29, 1.82) is 0 Å². The molecule has 2 rings (SSSR count). The summed E-state index contributed by atoms with van der Waals surface area (Å²) in [5, 5.41) is 0.428. The Hall–Kier alpha value is -1.15. The molecule has 0 aliphatic carbocycles. The van der Waals surface area contributed by atoms with Gasteiger partial charge in [-0.1, -0.05) is 36.0 Å². The van der Waals surface area contributed by atoms with Gasteiger partial charge in [0.15, 0.2) is 0 Å². The minimum Gasteiger partial charge on any atom is -0.389 e. The standard InChI is InChI=1S/C13H10BrClN2O2S2/c14-10-7-8(5-6-11(10)15)21(18,19)17-12-4-2-1-3-9(12)13(16)20/h1-7,17H,(H2,16,20). The van der Waals surface area contributed by atoms with E-state index in [1.54, 1.807) is 24.3 Å². The molecule has 4 nitrogen and oxygen atoms in total. The molecule has 3 N–H and O–H groups in total. The molecule has 2 aromatic carbocycles. The van der Waals surface area contributed by atoms with Gasteiger partial charge in [-0.25, -0.2) is 8.42 Å². The molecule has 0 atom stereocenters. The van der Waals surface area contributed by atoms with Crippen LogP contribution in [0.15, 0.2) is 51.8 Å². The average molecular weight is 406 g/mol.